The normalized spacial score (nSPS) is 29.8. The van der Waals surface area contributed by atoms with Crippen molar-refractivity contribution in [1.82, 2.24) is 0 Å². The number of esters is 1. The number of hydrogen-bond donors (Lipinski definition) is 0. The van der Waals surface area contributed by atoms with E-state index in [0.717, 1.165) is 17.6 Å². The third-order valence-corrected chi connectivity index (χ3v) is 3.35. The van der Waals surface area contributed by atoms with Crippen LogP contribution in [0, 0.1) is 5.41 Å². The molecule has 2 nitrogen and oxygen atoms in total. The number of rotatable bonds is 2. The molecule has 0 aliphatic heterocycles. The van der Waals surface area contributed by atoms with Crippen LogP contribution in [0.2, 0.25) is 0 Å². The molecule has 15 heavy (non-hydrogen) atoms. The average molecular weight is 200 g/mol. The van der Waals surface area contributed by atoms with Crippen LogP contribution in [0.5, 0.6) is 0 Å². The maximum Gasteiger partial charge on any atom is 0.324 e. The summed E-state index contributed by atoms with van der Waals surface area (Å²) in [6.07, 6.45) is 11.0. The molecule has 3 aliphatic carbocycles. The van der Waals surface area contributed by atoms with E-state index in [9.17, 15) is 4.79 Å². The molecular weight excluding hydrogens is 188 g/mol. The summed E-state index contributed by atoms with van der Waals surface area (Å²) in [6, 6.07) is 0. The van der Waals surface area contributed by atoms with Crippen LogP contribution in [-0.2, 0) is 9.53 Å². The summed E-state index contributed by atoms with van der Waals surface area (Å²) in [5, 5.41) is 0. The maximum atomic E-state index is 12.1. The molecule has 0 aromatic heterocycles. The van der Waals surface area contributed by atoms with Gasteiger partial charge in [0.2, 0.25) is 0 Å². The Kier molecular flexibility index (Phi) is 1.58. The van der Waals surface area contributed by atoms with Crippen LogP contribution < -0.4 is 0 Å². The van der Waals surface area contributed by atoms with E-state index in [-0.39, 0.29) is 5.97 Å². The van der Waals surface area contributed by atoms with Gasteiger partial charge in [-0.05, 0) is 30.1 Å². The Morgan fingerprint density at radius 2 is 2.33 bits per heavy atom. The molecule has 0 N–H and O–H groups in total. The monoisotopic (exact) mass is 200 g/mol. The van der Waals surface area contributed by atoms with Gasteiger partial charge in [0.05, 0.1) is 6.61 Å². The van der Waals surface area contributed by atoms with Gasteiger partial charge < -0.3 is 4.74 Å². The van der Waals surface area contributed by atoms with Crippen LogP contribution >= 0.6 is 0 Å². The van der Waals surface area contributed by atoms with Crippen molar-refractivity contribution >= 4 is 5.97 Å². The fourth-order valence-corrected chi connectivity index (χ4v) is 2.68. The quantitative estimate of drug-likeness (QED) is 0.639. The van der Waals surface area contributed by atoms with Crippen LogP contribution in [-0.4, -0.2) is 12.6 Å². The molecule has 1 saturated carbocycles. The Balaban J connectivity index is 2.08. The van der Waals surface area contributed by atoms with Gasteiger partial charge in [0.25, 0.3) is 0 Å². The first-order chi connectivity index (χ1) is 7.29. The molecule has 2 bridgehead atoms. The molecule has 1 fully saturated rings. The largest absolute Gasteiger partial charge is 0.465 e. The second kappa shape index (κ2) is 2.72. The Hall–Kier alpha value is -1.57. The number of carbonyl (C=O) groups excluding carboxylic acids is 1. The molecule has 2 heteroatoms. The number of ether oxygens (including phenoxy) is 1. The zero-order valence-corrected chi connectivity index (χ0v) is 8.62. The minimum Gasteiger partial charge on any atom is -0.465 e. The second-order valence-corrected chi connectivity index (χ2v) is 4.03. The minimum absolute atomic E-state index is 0.126. The summed E-state index contributed by atoms with van der Waals surface area (Å²) in [5.41, 5.74) is 3.00. The Morgan fingerprint density at radius 1 is 1.47 bits per heavy atom. The molecule has 3 aliphatic rings. The van der Waals surface area contributed by atoms with Crippen LogP contribution in [0.15, 0.2) is 47.1 Å². The van der Waals surface area contributed by atoms with E-state index in [1.807, 2.05) is 25.2 Å². The zero-order chi connectivity index (χ0) is 10.5. The number of carbonyl (C=O) groups is 1. The zero-order valence-electron chi connectivity index (χ0n) is 8.62. The molecule has 1 atom stereocenters. The van der Waals surface area contributed by atoms with Crippen LogP contribution in [0.1, 0.15) is 13.3 Å². The maximum absolute atomic E-state index is 12.1. The van der Waals surface area contributed by atoms with Gasteiger partial charge in [0.1, 0.15) is 5.41 Å². The molecule has 0 saturated heterocycles. The lowest BCUT2D eigenvalue weighted by Gasteiger charge is -2.25. The number of hydrogen-bond acceptors (Lipinski definition) is 2. The number of fused-ring (bicyclic) bond motifs is 5. The fraction of sp³-hybridized carbons (Fsp3) is 0.308. The highest BCUT2D eigenvalue weighted by atomic mass is 16.5. The lowest BCUT2D eigenvalue weighted by Crippen LogP contribution is -2.31. The van der Waals surface area contributed by atoms with Crippen molar-refractivity contribution in [1.29, 1.82) is 0 Å². The molecule has 3 rings (SSSR count). The molecular formula is C13H12O2. The van der Waals surface area contributed by atoms with E-state index < -0.39 is 5.41 Å². The van der Waals surface area contributed by atoms with Gasteiger partial charge in [0, 0.05) is 0 Å². The first-order valence-electron chi connectivity index (χ1n) is 5.27. The van der Waals surface area contributed by atoms with E-state index >= 15 is 0 Å². The highest BCUT2D eigenvalue weighted by Crippen LogP contribution is 2.57. The standard InChI is InChI=1S/C13H12O2/c1-2-15-12(14)13-7-3-4-11(13)9-5-6-10(13)8-9/h3-7H,2,8H2,1H3. The predicted molar refractivity (Wildman–Crippen MR) is 57.1 cm³/mol. The van der Waals surface area contributed by atoms with E-state index in [1.165, 1.54) is 5.57 Å². The summed E-state index contributed by atoms with van der Waals surface area (Å²) in [7, 11) is 0. The lowest BCUT2D eigenvalue weighted by atomic mass is 9.79. The number of allylic oxidation sites excluding steroid dienone is 5. The van der Waals surface area contributed by atoms with E-state index in [1.54, 1.807) is 0 Å². The topological polar surface area (TPSA) is 26.3 Å². The van der Waals surface area contributed by atoms with Crippen molar-refractivity contribution in [3.8, 4) is 0 Å². The fourth-order valence-electron chi connectivity index (χ4n) is 2.68. The lowest BCUT2D eigenvalue weighted by molar-refractivity contribution is -0.148. The van der Waals surface area contributed by atoms with Crippen molar-refractivity contribution in [3.05, 3.63) is 47.1 Å². The van der Waals surface area contributed by atoms with E-state index in [0.29, 0.717) is 6.61 Å². The highest BCUT2D eigenvalue weighted by Gasteiger charge is 2.53. The Morgan fingerprint density at radius 3 is 3.13 bits per heavy atom. The van der Waals surface area contributed by atoms with Gasteiger partial charge >= 0.3 is 5.97 Å². The molecule has 0 heterocycles. The van der Waals surface area contributed by atoms with Gasteiger partial charge in [-0.25, -0.2) is 0 Å². The van der Waals surface area contributed by atoms with Crippen LogP contribution in [0.3, 0.4) is 0 Å². The van der Waals surface area contributed by atoms with Gasteiger partial charge in [0.15, 0.2) is 0 Å². The third-order valence-electron chi connectivity index (χ3n) is 3.35. The van der Waals surface area contributed by atoms with Crippen LogP contribution in [0.25, 0.3) is 0 Å². The molecule has 76 valence electrons. The smallest absolute Gasteiger partial charge is 0.324 e. The minimum atomic E-state index is -0.555. The molecule has 1 unspecified atom stereocenters. The van der Waals surface area contributed by atoms with Gasteiger partial charge in [-0.3, -0.25) is 4.79 Å². The van der Waals surface area contributed by atoms with Crippen LogP contribution in [0.4, 0.5) is 0 Å². The molecule has 0 amide bonds. The van der Waals surface area contributed by atoms with E-state index in [2.05, 4.69) is 12.2 Å². The molecule has 0 aromatic carbocycles. The van der Waals surface area contributed by atoms with Crippen molar-refractivity contribution in [2.24, 2.45) is 5.41 Å². The second-order valence-electron chi connectivity index (χ2n) is 4.03. The third kappa shape index (κ3) is 0.870. The van der Waals surface area contributed by atoms with Crippen molar-refractivity contribution in [3.63, 3.8) is 0 Å². The molecule has 0 radical (unpaired) electrons. The van der Waals surface area contributed by atoms with Gasteiger partial charge in [-0.1, -0.05) is 30.4 Å². The van der Waals surface area contributed by atoms with Gasteiger partial charge in [-0.15, -0.1) is 0 Å². The first-order valence-corrected chi connectivity index (χ1v) is 5.27. The summed E-state index contributed by atoms with van der Waals surface area (Å²) in [6.45, 7) is 2.28. The van der Waals surface area contributed by atoms with E-state index in [4.69, 9.17) is 4.74 Å². The summed E-state index contributed by atoms with van der Waals surface area (Å²) in [5.74, 6) is -0.126. The molecule has 0 aromatic rings. The molecule has 0 spiro atoms. The van der Waals surface area contributed by atoms with Crippen molar-refractivity contribution in [2.75, 3.05) is 6.61 Å². The highest BCUT2D eigenvalue weighted by molar-refractivity contribution is 5.93. The average Bonchev–Trinajstić information content (AvgIpc) is 2.90. The van der Waals surface area contributed by atoms with Crippen molar-refractivity contribution < 1.29 is 9.53 Å². The Bertz CT molecular complexity index is 463. The van der Waals surface area contributed by atoms with Crippen molar-refractivity contribution in [2.45, 2.75) is 13.3 Å². The summed E-state index contributed by atoms with van der Waals surface area (Å²) >= 11 is 0. The summed E-state index contributed by atoms with van der Waals surface area (Å²) < 4.78 is 5.18. The predicted octanol–water partition coefficient (Wildman–Crippen LogP) is 2.30. The van der Waals surface area contributed by atoms with Gasteiger partial charge in [-0.2, -0.15) is 0 Å². The SMILES string of the molecule is CCOC(=O)C12C=CC=C1C1=CC=C2C1. The summed E-state index contributed by atoms with van der Waals surface area (Å²) in [4.78, 5) is 12.1. The Labute approximate surface area is 88.6 Å². The first kappa shape index (κ1) is 8.72.